The zero-order valence-electron chi connectivity index (χ0n) is 20.9. The van der Waals surface area contributed by atoms with Crippen LogP contribution in [0.4, 0.5) is 0 Å². The number of amides is 2. The molecule has 0 spiro atoms. The molecular weight excluding hydrogens is 464 g/mol. The Bertz CT molecular complexity index is 1250. The SMILES string of the molecule is C=CCCNC(=O)c1ccc(-c2ccc3c(c2)COC(C2CCN(C(=O)c4ccccc4)CC2)O3)cc1. The van der Waals surface area contributed by atoms with E-state index < -0.39 is 0 Å². The van der Waals surface area contributed by atoms with Crippen molar-refractivity contribution in [3.05, 3.63) is 102 Å². The van der Waals surface area contributed by atoms with Crippen LogP contribution in [0, 0.1) is 5.92 Å². The molecule has 1 fully saturated rings. The lowest BCUT2D eigenvalue weighted by atomic mass is 9.94. The molecular formula is C31H32N2O4. The summed E-state index contributed by atoms with van der Waals surface area (Å²) in [5.41, 5.74) is 4.46. The van der Waals surface area contributed by atoms with Gasteiger partial charge in [-0.05, 0) is 66.8 Å². The molecule has 6 nitrogen and oxygen atoms in total. The van der Waals surface area contributed by atoms with Gasteiger partial charge in [-0.2, -0.15) is 0 Å². The van der Waals surface area contributed by atoms with E-state index in [1.807, 2.05) is 71.6 Å². The Kier molecular flexibility index (Phi) is 7.66. The predicted octanol–water partition coefficient (Wildman–Crippen LogP) is 5.45. The fraction of sp³-hybridized carbons (Fsp3) is 0.290. The summed E-state index contributed by atoms with van der Waals surface area (Å²) in [4.78, 5) is 26.9. The molecule has 0 saturated carbocycles. The maximum Gasteiger partial charge on any atom is 0.253 e. The first-order chi connectivity index (χ1) is 18.1. The molecule has 0 radical (unpaired) electrons. The van der Waals surface area contributed by atoms with Crippen molar-refractivity contribution in [2.45, 2.75) is 32.2 Å². The van der Waals surface area contributed by atoms with E-state index in [0.29, 0.717) is 31.8 Å². The van der Waals surface area contributed by atoms with Gasteiger partial charge in [0.15, 0.2) is 0 Å². The van der Waals surface area contributed by atoms with Crippen LogP contribution in [0.1, 0.15) is 45.5 Å². The second-order valence-corrected chi connectivity index (χ2v) is 9.53. The fourth-order valence-electron chi connectivity index (χ4n) is 4.89. The number of likely N-dealkylation sites (tertiary alicyclic amines) is 1. The molecule has 1 atom stereocenters. The van der Waals surface area contributed by atoms with Gasteiger partial charge in [0.1, 0.15) is 5.75 Å². The van der Waals surface area contributed by atoms with Gasteiger partial charge in [-0.25, -0.2) is 0 Å². The highest BCUT2D eigenvalue weighted by atomic mass is 16.7. The molecule has 1 saturated heterocycles. The van der Waals surface area contributed by atoms with E-state index in [0.717, 1.165) is 47.3 Å². The van der Waals surface area contributed by atoms with E-state index in [-0.39, 0.29) is 24.0 Å². The van der Waals surface area contributed by atoms with Crippen molar-refractivity contribution < 1.29 is 19.1 Å². The number of ether oxygens (including phenoxy) is 2. The van der Waals surface area contributed by atoms with Crippen LogP contribution in [0.25, 0.3) is 11.1 Å². The highest BCUT2D eigenvalue weighted by Gasteiger charge is 2.33. The molecule has 2 amide bonds. The molecule has 0 aliphatic carbocycles. The van der Waals surface area contributed by atoms with Crippen LogP contribution in [0.15, 0.2) is 85.5 Å². The van der Waals surface area contributed by atoms with Crippen molar-refractivity contribution >= 4 is 11.8 Å². The zero-order chi connectivity index (χ0) is 25.6. The minimum absolute atomic E-state index is 0.0815. The molecule has 1 unspecified atom stereocenters. The fourth-order valence-corrected chi connectivity index (χ4v) is 4.89. The van der Waals surface area contributed by atoms with Crippen molar-refractivity contribution in [3.8, 4) is 16.9 Å². The summed E-state index contributed by atoms with van der Waals surface area (Å²) in [5, 5.41) is 2.88. The van der Waals surface area contributed by atoms with Gasteiger partial charge in [-0.1, -0.05) is 42.5 Å². The van der Waals surface area contributed by atoms with Crippen LogP contribution in [0.2, 0.25) is 0 Å². The lowest BCUT2D eigenvalue weighted by Crippen LogP contribution is -2.44. The van der Waals surface area contributed by atoms with Gasteiger partial charge in [-0.15, -0.1) is 6.58 Å². The van der Waals surface area contributed by atoms with Gasteiger partial charge in [-0.3, -0.25) is 9.59 Å². The number of nitrogens with zero attached hydrogens (tertiary/aromatic N) is 1. The Hall–Kier alpha value is -3.90. The average Bonchev–Trinajstić information content (AvgIpc) is 2.97. The first-order valence-electron chi connectivity index (χ1n) is 12.9. The van der Waals surface area contributed by atoms with Gasteiger partial charge in [0.25, 0.3) is 11.8 Å². The van der Waals surface area contributed by atoms with Crippen molar-refractivity contribution in [1.82, 2.24) is 10.2 Å². The molecule has 5 rings (SSSR count). The van der Waals surface area contributed by atoms with Crippen molar-refractivity contribution in [1.29, 1.82) is 0 Å². The van der Waals surface area contributed by atoms with Gasteiger partial charge in [0, 0.05) is 42.2 Å². The number of fused-ring (bicyclic) bond motifs is 1. The van der Waals surface area contributed by atoms with Gasteiger partial charge in [0.2, 0.25) is 6.29 Å². The lowest BCUT2D eigenvalue weighted by molar-refractivity contribution is -0.148. The maximum atomic E-state index is 12.7. The Morgan fingerprint density at radius 2 is 1.68 bits per heavy atom. The first-order valence-corrected chi connectivity index (χ1v) is 12.9. The van der Waals surface area contributed by atoms with E-state index in [4.69, 9.17) is 9.47 Å². The summed E-state index contributed by atoms with van der Waals surface area (Å²) in [5.74, 6) is 1.10. The third kappa shape index (κ3) is 5.75. The van der Waals surface area contributed by atoms with Crippen molar-refractivity contribution in [2.75, 3.05) is 19.6 Å². The third-order valence-electron chi connectivity index (χ3n) is 7.05. The maximum absolute atomic E-state index is 12.7. The van der Waals surface area contributed by atoms with Gasteiger partial charge in [0.05, 0.1) is 6.61 Å². The molecule has 0 aromatic heterocycles. The first kappa shape index (κ1) is 24.8. The van der Waals surface area contributed by atoms with E-state index in [1.54, 1.807) is 6.08 Å². The second kappa shape index (κ2) is 11.4. The molecule has 6 heteroatoms. The monoisotopic (exact) mass is 496 g/mol. The smallest absolute Gasteiger partial charge is 0.253 e. The molecule has 1 N–H and O–H groups in total. The summed E-state index contributed by atoms with van der Waals surface area (Å²) in [7, 11) is 0. The van der Waals surface area contributed by atoms with Gasteiger partial charge >= 0.3 is 0 Å². The summed E-state index contributed by atoms with van der Waals surface area (Å²) >= 11 is 0. The van der Waals surface area contributed by atoms with Crippen LogP contribution >= 0.6 is 0 Å². The van der Waals surface area contributed by atoms with E-state index in [1.165, 1.54) is 0 Å². The predicted molar refractivity (Wildman–Crippen MR) is 143 cm³/mol. The highest BCUT2D eigenvalue weighted by Crippen LogP contribution is 2.35. The summed E-state index contributed by atoms with van der Waals surface area (Å²) < 4.78 is 12.4. The van der Waals surface area contributed by atoms with Crippen LogP contribution in [-0.2, 0) is 11.3 Å². The van der Waals surface area contributed by atoms with Crippen LogP contribution in [0.5, 0.6) is 5.75 Å². The Morgan fingerprint density at radius 3 is 2.41 bits per heavy atom. The van der Waals surface area contributed by atoms with Crippen molar-refractivity contribution in [3.63, 3.8) is 0 Å². The number of piperidine rings is 1. The standard InChI is InChI=1S/C31H32N2O4/c1-2-3-17-32-29(34)23-11-9-22(10-12-23)26-13-14-28-27(20-26)21-36-31(37-28)25-15-18-33(19-16-25)30(35)24-7-5-4-6-8-24/h2,4-14,20,25,31H,1,3,15-19,21H2,(H,32,34). The normalized spacial score (nSPS) is 17.4. The molecule has 2 aliphatic heterocycles. The van der Waals surface area contributed by atoms with E-state index in [2.05, 4.69) is 18.0 Å². The number of benzene rings is 3. The van der Waals surface area contributed by atoms with Crippen LogP contribution in [0.3, 0.4) is 0 Å². The molecule has 0 bridgehead atoms. The molecule has 2 aliphatic rings. The van der Waals surface area contributed by atoms with E-state index in [9.17, 15) is 9.59 Å². The van der Waals surface area contributed by atoms with Crippen molar-refractivity contribution in [2.24, 2.45) is 5.92 Å². The molecule has 3 aromatic rings. The van der Waals surface area contributed by atoms with E-state index >= 15 is 0 Å². The minimum atomic E-state index is -0.300. The molecule has 37 heavy (non-hydrogen) atoms. The molecule has 3 aromatic carbocycles. The number of rotatable bonds is 7. The quantitative estimate of drug-likeness (QED) is 0.349. The lowest BCUT2D eigenvalue weighted by Gasteiger charge is -2.37. The number of hydrogen-bond acceptors (Lipinski definition) is 4. The molecule has 2 heterocycles. The summed E-state index contributed by atoms with van der Waals surface area (Å²) in [6.45, 7) is 6.15. The number of carbonyl (C=O) groups excluding carboxylic acids is 2. The summed E-state index contributed by atoms with van der Waals surface area (Å²) in [6, 6.07) is 23.2. The number of hydrogen-bond donors (Lipinski definition) is 1. The summed E-state index contributed by atoms with van der Waals surface area (Å²) in [6.07, 6.45) is 3.93. The average molecular weight is 497 g/mol. The minimum Gasteiger partial charge on any atom is -0.464 e. The Labute approximate surface area is 217 Å². The number of carbonyl (C=O) groups is 2. The van der Waals surface area contributed by atoms with Crippen LogP contribution in [-0.4, -0.2) is 42.6 Å². The highest BCUT2D eigenvalue weighted by molar-refractivity contribution is 5.95. The molecule has 190 valence electrons. The Balaban J connectivity index is 1.17. The van der Waals surface area contributed by atoms with Crippen LogP contribution < -0.4 is 10.1 Å². The zero-order valence-corrected chi connectivity index (χ0v) is 20.9. The second-order valence-electron chi connectivity index (χ2n) is 9.53. The third-order valence-corrected chi connectivity index (χ3v) is 7.05. The number of nitrogens with one attached hydrogen (secondary N) is 1. The topological polar surface area (TPSA) is 67.9 Å². The Morgan fingerprint density at radius 1 is 0.946 bits per heavy atom. The largest absolute Gasteiger partial charge is 0.464 e. The van der Waals surface area contributed by atoms with Gasteiger partial charge < -0.3 is 19.7 Å².